The summed E-state index contributed by atoms with van der Waals surface area (Å²) in [7, 11) is 3.30. The minimum Gasteiger partial charge on any atom is -0.493 e. The second-order valence-electron chi connectivity index (χ2n) is 8.29. The van der Waals surface area contributed by atoms with Crippen LogP contribution in [0.5, 0.6) is 11.5 Å². The molecule has 1 aromatic heterocycles. The number of Topliss-reactive ketones (excluding diaryl/α,β-unsaturated/α-hetero) is 2. The quantitative estimate of drug-likeness (QED) is 0.653. The average molecular weight is 428 g/mol. The predicted molar refractivity (Wildman–Crippen MR) is 121 cm³/mol. The second kappa shape index (κ2) is 9.66. The molecule has 0 amide bonds. The fourth-order valence-electron chi connectivity index (χ4n) is 4.38. The summed E-state index contributed by atoms with van der Waals surface area (Å²) in [6, 6.07) is 4.06. The van der Waals surface area contributed by atoms with Gasteiger partial charge in [-0.1, -0.05) is 0 Å². The summed E-state index contributed by atoms with van der Waals surface area (Å²) < 4.78 is 10.8. The van der Waals surface area contributed by atoms with Crippen molar-refractivity contribution in [2.45, 2.75) is 34.2 Å². The molecule has 2 heterocycles. The van der Waals surface area contributed by atoms with Gasteiger partial charge < -0.3 is 14.5 Å². The third kappa shape index (κ3) is 4.99. The van der Waals surface area contributed by atoms with Crippen LogP contribution in [-0.2, 0) is 6.54 Å². The molecule has 3 rings (SSSR count). The van der Waals surface area contributed by atoms with Gasteiger partial charge in [-0.05, 0) is 56.5 Å². The van der Waals surface area contributed by atoms with E-state index in [1.807, 2.05) is 26.0 Å². The molecule has 1 aliphatic heterocycles. The van der Waals surface area contributed by atoms with Crippen LogP contribution < -0.4 is 9.47 Å². The third-order valence-corrected chi connectivity index (χ3v) is 6.14. The molecule has 0 unspecified atom stereocenters. The molecule has 0 saturated carbocycles. The van der Waals surface area contributed by atoms with E-state index in [2.05, 4.69) is 21.7 Å². The smallest absolute Gasteiger partial charge is 0.193 e. The highest BCUT2D eigenvalue weighted by Gasteiger charge is 2.24. The highest BCUT2D eigenvalue weighted by atomic mass is 16.5. The van der Waals surface area contributed by atoms with E-state index in [9.17, 15) is 9.59 Å². The molecule has 0 radical (unpaired) electrons. The van der Waals surface area contributed by atoms with Crippen LogP contribution in [0.3, 0.4) is 0 Å². The Labute approximate surface area is 184 Å². The van der Waals surface area contributed by atoms with Crippen LogP contribution in [0.2, 0.25) is 0 Å². The number of rotatable bonds is 8. The zero-order chi connectivity index (χ0) is 22.7. The molecule has 1 saturated heterocycles. The zero-order valence-electron chi connectivity index (χ0n) is 19.4. The first-order chi connectivity index (χ1) is 14.7. The van der Waals surface area contributed by atoms with Gasteiger partial charge in [0, 0.05) is 44.0 Å². The Bertz CT molecular complexity index is 972. The average Bonchev–Trinajstić information content (AvgIpc) is 3.04. The Balaban J connectivity index is 1.59. The minimum atomic E-state index is -0.00984. The van der Waals surface area contributed by atoms with Gasteiger partial charge in [0.05, 0.1) is 26.5 Å². The predicted octanol–water partition coefficient (Wildman–Crippen LogP) is 3.16. The zero-order valence-corrected chi connectivity index (χ0v) is 19.4. The highest BCUT2D eigenvalue weighted by Crippen LogP contribution is 2.31. The number of aromatic nitrogens is 1. The van der Waals surface area contributed by atoms with Crippen LogP contribution in [0.25, 0.3) is 0 Å². The SMILES string of the molecule is COc1cc(C)c(CN2CCN(CC(=O)c3[nH]c(C)c(C(C)=O)c3C)CC2)cc1OC. The number of benzene rings is 1. The van der Waals surface area contributed by atoms with Gasteiger partial charge in [-0.25, -0.2) is 0 Å². The first-order valence-electron chi connectivity index (χ1n) is 10.6. The monoisotopic (exact) mass is 427 g/mol. The van der Waals surface area contributed by atoms with Crippen LogP contribution in [-0.4, -0.2) is 73.3 Å². The maximum Gasteiger partial charge on any atom is 0.193 e. The number of nitrogens with one attached hydrogen (secondary N) is 1. The number of carbonyl (C=O) groups is 2. The molecule has 1 N–H and O–H groups in total. The molecular weight excluding hydrogens is 394 g/mol. The number of methoxy groups -OCH3 is 2. The van der Waals surface area contributed by atoms with Gasteiger partial charge in [-0.3, -0.25) is 19.4 Å². The fraction of sp³-hybridized carbons (Fsp3) is 0.500. The van der Waals surface area contributed by atoms with Crippen molar-refractivity contribution in [1.82, 2.24) is 14.8 Å². The Hall–Kier alpha value is -2.64. The maximum atomic E-state index is 12.8. The van der Waals surface area contributed by atoms with Crippen LogP contribution >= 0.6 is 0 Å². The van der Waals surface area contributed by atoms with E-state index < -0.39 is 0 Å². The number of ether oxygens (including phenoxy) is 2. The van der Waals surface area contributed by atoms with E-state index in [0.29, 0.717) is 17.8 Å². The summed E-state index contributed by atoms with van der Waals surface area (Å²) in [5.41, 5.74) is 5.12. The molecule has 168 valence electrons. The summed E-state index contributed by atoms with van der Waals surface area (Å²) in [5.74, 6) is 1.52. The summed E-state index contributed by atoms with van der Waals surface area (Å²) >= 11 is 0. The summed E-state index contributed by atoms with van der Waals surface area (Å²) in [6.07, 6.45) is 0. The topological polar surface area (TPSA) is 74.9 Å². The molecule has 7 nitrogen and oxygen atoms in total. The number of carbonyl (C=O) groups excluding carboxylic acids is 2. The first kappa shape index (κ1) is 23.0. The second-order valence-corrected chi connectivity index (χ2v) is 8.29. The molecule has 0 spiro atoms. The fourth-order valence-corrected chi connectivity index (χ4v) is 4.38. The Kier molecular flexibility index (Phi) is 7.18. The number of nitrogens with zero attached hydrogens (tertiary/aromatic N) is 2. The molecule has 31 heavy (non-hydrogen) atoms. The van der Waals surface area contributed by atoms with Gasteiger partial charge in [-0.15, -0.1) is 0 Å². The van der Waals surface area contributed by atoms with Crippen molar-refractivity contribution in [2.75, 3.05) is 46.9 Å². The van der Waals surface area contributed by atoms with Crippen LogP contribution in [0.1, 0.15) is 50.2 Å². The number of hydrogen-bond donors (Lipinski definition) is 1. The molecule has 1 fully saturated rings. The van der Waals surface area contributed by atoms with Gasteiger partial charge in [-0.2, -0.15) is 0 Å². The minimum absolute atomic E-state index is 0.00984. The van der Waals surface area contributed by atoms with E-state index in [-0.39, 0.29) is 11.6 Å². The number of H-pyrrole nitrogens is 1. The van der Waals surface area contributed by atoms with E-state index in [4.69, 9.17) is 9.47 Å². The normalized spacial score (nSPS) is 15.2. The first-order valence-corrected chi connectivity index (χ1v) is 10.6. The van der Waals surface area contributed by atoms with Crippen molar-refractivity contribution in [1.29, 1.82) is 0 Å². The highest BCUT2D eigenvalue weighted by molar-refractivity contribution is 6.03. The molecule has 0 bridgehead atoms. The lowest BCUT2D eigenvalue weighted by Gasteiger charge is -2.34. The Morgan fingerprint density at radius 2 is 1.55 bits per heavy atom. The van der Waals surface area contributed by atoms with Gasteiger partial charge in [0.1, 0.15) is 0 Å². The number of aromatic amines is 1. The van der Waals surface area contributed by atoms with Crippen LogP contribution in [0.15, 0.2) is 12.1 Å². The number of hydrogen-bond acceptors (Lipinski definition) is 6. The third-order valence-electron chi connectivity index (χ3n) is 6.14. The standard InChI is InChI=1S/C24H33N3O4/c1-15-11-21(30-5)22(31-6)12-19(15)13-26-7-9-27(10-8-26)14-20(29)24-16(2)23(18(4)28)17(3)25-24/h11-12,25H,7-10,13-14H2,1-6H3. The lowest BCUT2D eigenvalue weighted by molar-refractivity contribution is 0.0839. The van der Waals surface area contributed by atoms with Crippen LogP contribution in [0.4, 0.5) is 0 Å². The lowest BCUT2D eigenvalue weighted by Crippen LogP contribution is -2.47. The van der Waals surface area contributed by atoms with E-state index in [1.165, 1.54) is 18.1 Å². The van der Waals surface area contributed by atoms with Gasteiger partial charge >= 0.3 is 0 Å². The number of aryl methyl sites for hydroxylation is 2. The van der Waals surface area contributed by atoms with Crippen molar-refractivity contribution in [3.63, 3.8) is 0 Å². The van der Waals surface area contributed by atoms with E-state index in [0.717, 1.165) is 55.5 Å². The van der Waals surface area contributed by atoms with Crippen molar-refractivity contribution in [2.24, 2.45) is 0 Å². The summed E-state index contributed by atoms with van der Waals surface area (Å²) in [4.78, 5) is 32.4. The molecule has 1 aliphatic rings. The van der Waals surface area contributed by atoms with Gasteiger partial charge in [0.2, 0.25) is 0 Å². The summed E-state index contributed by atoms with van der Waals surface area (Å²) in [6.45, 7) is 12.0. The molecule has 1 aromatic carbocycles. The van der Waals surface area contributed by atoms with Crippen LogP contribution in [0, 0.1) is 20.8 Å². The molecule has 2 aromatic rings. The molecule has 0 aliphatic carbocycles. The Morgan fingerprint density at radius 3 is 2.10 bits per heavy atom. The van der Waals surface area contributed by atoms with Crippen molar-refractivity contribution in [3.05, 3.63) is 45.8 Å². The van der Waals surface area contributed by atoms with E-state index >= 15 is 0 Å². The molecule has 7 heteroatoms. The molecule has 0 atom stereocenters. The summed E-state index contributed by atoms with van der Waals surface area (Å²) in [5, 5.41) is 0. The lowest BCUT2D eigenvalue weighted by atomic mass is 10.0. The maximum absolute atomic E-state index is 12.8. The molecular formula is C24H33N3O4. The van der Waals surface area contributed by atoms with Gasteiger partial charge in [0.25, 0.3) is 0 Å². The van der Waals surface area contributed by atoms with E-state index in [1.54, 1.807) is 14.2 Å². The van der Waals surface area contributed by atoms with Crippen molar-refractivity contribution in [3.8, 4) is 11.5 Å². The van der Waals surface area contributed by atoms with Gasteiger partial charge in [0.15, 0.2) is 23.1 Å². The number of piperazine rings is 1. The van der Waals surface area contributed by atoms with Crippen molar-refractivity contribution >= 4 is 11.6 Å². The van der Waals surface area contributed by atoms with Crippen molar-refractivity contribution < 1.29 is 19.1 Å². The Morgan fingerprint density at radius 1 is 0.968 bits per heavy atom. The number of ketones is 2. The largest absolute Gasteiger partial charge is 0.493 e.